The van der Waals surface area contributed by atoms with Crippen LogP contribution in [0.25, 0.3) is 11.4 Å². The van der Waals surface area contributed by atoms with Crippen molar-refractivity contribution in [2.75, 3.05) is 18.0 Å². The van der Waals surface area contributed by atoms with Crippen molar-refractivity contribution in [1.29, 1.82) is 0 Å². The number of aromatic nitrogens is 2. The molecule has 0 bridgehead atoms. The Morgan fingerprint density at radius 2 is 1.69 bits per heavy atom. The minimum absolute atomic E-state index is 0.201. The molecule has 1 aromatic heterocycles. The summed E-state index contributed by atoms with van der Waals surface area (Å²) in [6.07, 6.45) is 2.46. The van der Waals surface area contributed by atoms with Crippen molar-refractivity contribution in [2.45, 2.75) is 37.6 Å². The van der Waals surface area contributed by atoms with Crippen LogP contribution in [0.4, 0.5) is 5.69 Å². The SMILES string of the molecule is Cc1ccc(S(=O)(=O)NC(C)c2nc(-c3ccc(N4CCCC4)cc3)no2)cc1. The van der Waals surface area contributed by atoms with E-state index in [2.05, 4.69) is 31.9 Å². The van der Waals surface area contributed by atoms with Crippen molar-refractivity contribution in [2.24, 2.45) is 0 Å². The Morgan fingerprint density at radius 1 is 1.03 bits per heavy atom. The third-order valence-electron chi connectivity index (χ3n) is 5.07. The normalized spacial score (nSPS) is 15.6. The quantitative estimate of drug-likeness (QED) is 0.664. The molecule has 0 spiro atoms. The molecule has 4 rings (SSSR count). The smallest absolute Gasteiger partial charge is 0.244 e. The number of anilines is 1. The van der Waals surface area contributed by atoms with E-state index < -0.39 is 16.1 Å². The second-order valence-electron chi connectivity index (χ2n) is 7.35. The highest BCUT2D eigenvalue weighted by atomic mass is 32.2. The molecule has 1 aliphatic heterocycles. The van der Waals surface area contributed by atoms with E-state index >= 15 is 0 Å². The van der Waals surface area contributed by atoms with E-state index in [-0.39, 0.29) is 10.8 Å². The topological polar surface area (TPSA) is 88.3 Å². The molecule has 1 saturated heterocycles. The molecule has 3 aromatic rings. The molecule has 1 unspecified atom stereocenters. The van der Waals surface area contributed by atoms with Gasteiger partial charge < -0.3 is 9.42 Å². The summed E-state index contributed by atoms with van der Waals surface area (Å²) in [5.41, 5.74) is 3.01. The Morgan fingerprint density at radius 3 is 2.34 bits per heavy atom. The largest absolute Gasteiger partial charge is 0.372 e. The number of benzene rings is 2. The summed E-state index contributed by atoms with van der Waals surface area (Å²) >= 11 is 0. The molecule has 1 fully saturated rings. The summed E-state index contributed by atoms with van der Waals surface area (Å²) in [6, 6.07) is 14.1. The van der Waals surface area contributed by atoms with Gasteiger partial charge in [0.2, 0.25) is 21.7 Å². The van der Waals surface area contributed by atoms with Gasteiger partial charge in [-0.15, -0.1) is 0 Å². The second-order valence-corrected chi connectivity index (χ2v) is 9.07. The number of hydrogen-bond donors (Lipinski definition) is 1. The number of sulfonamides is 1. The Hall–Kier alpha value is -2.71. The first kappa shape index (κ1) is 19.6. The number of hydrogen-bond acceptors (Lipinski definition) is 6. The van der Waals surface area contributed by atoms with Crippen LogP contribution < -0.4 is 9.62 Å². The second kappa shape index (κ2) is 7.96. The Balaban J connectivity index is 1.47. The lowest BCUT2D eigenvalue weighted by molar-refractivity contribution is 0.354. The molecule has 7 nitrogen and oxygen atoms in total. The minimum Gasteiger partial charge on any atom is -0.372 e. The minimum atomic E-state index is -3.68. The number of nitrogens with zero attached hydrogens (tertiary/aromatic N) is 3. The fourth-order valence-corrected chi connectivity index (χ4v) is 4.59. The molecule has 0 aliphatic carbocycles. The van der Waals surface area contributed by atoms with Gasteiger partial charge in [0.1, 0.15) is 0 Å². The first-order valence-electron chi connectivity index (χ1n) is 9.70. The maximum atomic E-state index is 12.6. The van der Waals surface area contributed by atoms with Gasteiger partial charge in [-0.1, -0.05) is 22.9 Å². The van der Waals surface area contributed by atoms with Crippen molar-refractivity contribution in [3.8, 4) is 11.4 Å². The summed E-state index contributed by atoms with van der Waals surface area (Å²) in [7, 11) is -3.68. The van der Waals surface area contributed by atoms with Gasteiger partial charge in [0.25, 0.3) is 0 Å². The average Bonchev–Trinajstić information content (AvgIpc) is 3.40. The van der Waals surface area contributed by atoms with Gasteiger partial charge in [0, 0.05) is 24.3 Å². The predicted molar refractivity (Wildman–Crippen MR) is 111 cm³/mol. The Labute approximate surface area is 170 Å². The lowest BCUT2D eigenvalue weighted by atomic mass is 10.2. The molecule has 0 radical (unpaired) electrons. The summed E-state index contributed by atoms with van der Waals surface area (Å²) in [5, 5.41) is 4.01. The van der Waals surface area contributed by atoms with E-state index in [1.807, 2.05) is 19.1 Å². The molecule has 29 heavy (non-hydrogen) atoms. The van der Waals surface area contributed by atoms with Crippen LogP contribution in [0.3, 0.4) is 0 Å². The van der Waals surface area contributed by atoms with Crippen molar-refractivity contribution >= 4 is 15.7 Å². The van der Waals surface area contributed by atoms with Gasteiger partial charge >= 0.3 is 0 Å². The maximum Gasteiger partial charge on any atom is 0.244 e. The van der Waals surface area contributed by atoms with Gasteiger partial charge in [0.15, 0.2) is 0 Å². The average molecular weight is 413 g/mol. The molecule has 2 heterocycles. The van der Waals surface area contributed by atoms with Gasteiger partial charge in [0.05, 0.1) is 10.9 Å². The molecular formula is C21H24N4O3S. The van der Waals surface area contributed by atoms with E-state index in [1.54, 1.807) is 31.2 Å². The predicted octanol–water partition coefficient (Wildman–Crippen LogP) is 3.68. The molecular weight excluding hydrogens is 388 g/mol. The highest BCUT2D eigenvalue weighted by Crippen LogP contribution is 2.25. The Bertz CT molecular complexity index is 1070. The van der Waals surface area contributed by atoms with Crippen LogP contribution in [0.2, 0.25) is 0 Å². The first-order chi connectivity index (χ1) is 13.9. The molecule has 2 aromatic carbocycles. The molecule has 8 heteroatoms. The monoisotopic (exact) mass is 412 g/mol. The van der Waals surface area contributed by atoms with E-state index in [4.69, 9.17) is 4.52 Å². The molecule has 1 atom stereocenters. The Kier molecular flexibility index (Phi) is 5.38. The molecule has 152 valence electrons. The maximum absolute atomic E-state index is 12.6. The van der Waals surface area contributed by atoms with Crippen LogP contribution in [-0.4, -0.2) is 31.6 Å². The van der Waals surface area contributed by atoms with Crippen LogP contribution in [0, 0.1) is 6.92 Å². The van der Waals surface area contributed by atoms with E-state index in [0.717, 1.165) is 24.2 Å². The molecule has 1 aliphatic rings. The van der Waals surface area contributed by atoms with Gasteiger partial charge in [-0.2, -0.15) is 9.71 Å². The summed E-state index contributed by atoms with van der Waals surface area (Å²) in [4.78, 5) is 6.94. The van der Waals surface area contributed by atoms with E-state index in [1.165, 1.54) is 18.5 Å². The van der Waals surface area contributed by atoms with Crippen molar-refractivity contribution in [3.05, 3.63) is 60.0 Å². The summed E-state index contributed by atoms with van der Waals surface area (Å²) in [6.45, 7) is 5.76. The van der Waals surface area contributed by atoms with E-state index in [9.17, 15) is 8.42 Å². The first-order valence-corrected chi connectivity index (χ1v) is 11.2. The van der Waals surface area contributed by atoms with Gasteiger partial charge in [-0.05, 0) is 63.1 Å². The van der Waals surface area contributed by atoms with Gasteiger partial charge in [-0.25, -0.2) is 8.42 Å². The highest BCUT2D eigenvalue weighted by Gasteiger charge is 2.23. The number of rotatable bonds is 6. The molecule has 0 saturated carbocycles. The lowest BCUT2D eigenvalue weighted by Gasteiger charge is -2.17. The van der Waals surface area contributed by atoms with Crippen LogP contribution in [0.1, 0.15) is 37.3 Å². The number of nitrogens with one attached hydrogen (secondary N) is 1. The molecule has 1 N–H and O–H groups in total. The fourth-order valence-electron chi connectivity index (χ4n) is 3.39. The van der Waals surface area contributed by atoms with Crippen molar-refractivity contribution in [1.82, 2.24) is 14.9 Å². The zero-order valence-corrected chi connectivity index (χ0v) is 17.3. The molecule has 0 amide bonds. The van der Waals surface area contributed by atoms with Crippen molar-refractivity contribution in [3.63, 3.8) is 0 Å². The lowest BCUT2D eigenvalue weighted by Crippen LogP contribution is -2.27. The van der Waals surface area contributed by atoms with Gasteiger partial charge in [-0.3, -0.25) is 0 Å². The number of aryl methyl sites for hydroxylation is 1. The van der Waals surface area contributed by atoms with Crippen LogP contribution in [0.5, 0.6) is 0 Å². The fraction of sp³-hybridized carbons (Fsp3) is 0.333. The van der Waals surface area contributed by atoms with Crippen LogP contribution in [0.15, 0.2) is 57.9 Å². The van der Waals surface area contributed by atoms with E-state index in [0.29, 0.717) is 5.82 Å². The summed E-state index contributed by atoms with van der Waals surface area (Å²) in [5.74, 6) is 0.661. The highest BCUT2D eigenvalue weighted by molar-refractivity contribution is 7.89. The van der Waals surface area contributed by atoms with Crippen LogP contribution >= 0.6 is 0 Å². The van der Waals surface area contributed by atoms with Crippen LogP contribution in [-0.2, 0) is 10.0 Å². The standard InChI is InChI=1S/C21H24N4O3S/c1-15-5-11-19(12-6-15)29(26,27)24-16(2)21-22-20(23-28-21)17-7-9-18(10-8-17)25-13-3-4-14-25/h5-12,16,24H,3-4,13-14H2,1-2H3. The zero-order valence-electron chi connectivity index (χ0n) is 16.5. The third kappa shape index (κ3) is 4.33. The van der Waals surface area contributed by atoms with Crippen molar-refractivity contribution < 1.29 is 12.9 Å². The summed E-state index contributed by atoms with van der Waals surface area (Å²) < 4.78 is 33.0. The third-order valence-corrected chi connectivity index (χ3v) is 6.63. The zero-order chi connectivity index (χ0) is 20.4.